The lowest BCUT2D eigenvalue weighted by Gasteiger charge is -2.33. The molecule has 1 N–H and O–H groups in total. The van der Waals surface area contributed by atoms with Gasteiger partial charge >= 0.3 is 0 Å². The van der Waals surface area contributed by atoms with Crippen molar-refractivity contribution in [1.29, 1.82) is 0 Å². The fourth-order valence-electron chi connectivity index (χ4n) is 4.95. The van der Waals surface area contributed by atoms with Gasteiger partial charge in [0.05, 0.1) is 12.2 Å². The van der Waals surface area contributed by atoms with Crippen molar-refractivity contribution >= 4 is 5.69 Å². The maximum absolute atomic E-state index is 14.7. The second-order valence-corrected chi connectivity index (χ2v) is 8.36. The van der Waals surface area contributed by atoms with Crippen molar-refractivity contribution in [2.75, 3.05) is 37.6 Å². The predicted molar refractivity (Wildman–Crippen MR) is 107 cm³/mol. The molecule has 0 saturated carbocycles. The first kappa shape index (κ1) is 18.1. The van der Waals surface area contributed by atoms with Crippen LogP contribution in [0.5, 0.6) is 0 Å². The van der Waals surface area contributed by atoms with Crippen LogP contribution in [-0.2, 0) is 19.6 Å². The standard InChI is InChI=1S/C21H29FN6/c22-18-12-16(5-6-19(18)27-9-1-2-10-27)14-26-8-3-4-17(15-26)21-25-24-20-13-23-7-11-28(20)21/h5-6,12,17,23H,1-4,7-11,13-15H2/t17-/m0/s1. The summed E-state index contributed by atoms with van der Waals surface area (Å²) in [5.41, 5.74) is 1.83. The zero-order valence-corrected chi connectivity index (χ0v) is 16.4. The fraction of sp³-hybridized carbons (Fsp3) is 0.619. The molecule has 6 nitrogen and oxygen atoms in total. The highest BCUT2D eigenvalue weighted by Crippen LogP contribution is 2.29. The van der Waals surface area contributed by atoms with E-state index in [4.69, 9.17) is 0 Å². The van der Waals surface area contributed by atoms with E-state index in [2.05, 4.69) is 35.9 Å². The summed E-state index contributed by atoms with van der Waals surface area (Å²) in [4.78, 5) is 4.61. The van der Waals surface area contributed by atoms with E-state index in [0.29, 0.717) is 5.92 Å². The molecule has 0 bridgehead atoms. The summed E-state index contributed by atoms with van der Waals surface area (Å²) < 4.78 is 17.0. The van der Waals surface area contributed by atoms with Gasteiger partial charge in [0.1, 0.15) is 17.5 Å². The highest BCUT2D eigenvalue weighted by Gasteiger charge is 2.28. The molecule has 2 fully saturated rings. The molecule has 0 amide bonds. The van der Waals surface area contributed by atoms with Crippen LogP contribution in [0.1, 0.15) is 48.8 Å². The van der Waals surface area contributed by atoms with Crippen LogP contribution >= 0.6 is 0 Å². The van der Waals surface area contributed by atoms with Gasteiger partial charge in [-0.1, -0.05) is 6.07 Å². The van der Waals surface area contributed by atoms with Gasteiger partial charge < -0.3 is 14.8 Å². The third-order valence-electron chi connectivity index (χ3n) is 6.39. The van der Waals surface area contributed by atoms with Gasteiger partial charge in [-0.3, -0.25) is 4.90 Å². The fourth-order valence-corrected chi connectivity index (χ4v) is 4.95. The number of nitrogens with zero attached hydrogens (tertiary/aromatic N) is 5. The van der Waals surface area contributed by atoms with E-state index in [1.807, 2.05) is 6.07 Å². The second kappa shape index (κ2) is 7.79. The first-order valence-corrected chi connectivity index (χ1v) is 10.7. The normalized spacial score (nSPS) is 23.2. The van der Waals surface area contributed by atoms with Crippen molar-refractivity contribution in [3.63, 3.8) is 0 Å². The Kier molecular flexibility index (Phi) is 5.03. The Bertz CT molecular complexity index is 828. The van der Waals surface area contributed by atoms with Crippen molar-refractivity contribution in [1.82, 2.24) is 25.0 Å². The quantitative estimate of drug-likeness (QED) is 0.878. The SMILES string of the molecule is Fc1cc(CN2CCC[C@H](c3nnc4n3CCNC4)C2)ccc1N1CCCC1. The molecule has 4 heterocycles. The topological polar surface area (TPSA) is 49.2 Å². The average Bonchev–Trinajstić information content (AvgIpc) is 3.38. The molecular weight excluding hydrogens is 355 g/mol. The molecule has 5 rings (SSSR count). The van der Waals surface area contributed by atoms with Crippen molar-refractivity contribution in [3.8, 4) is 0 Å². The second-order valence-electron chi connectivity index (χ2n) is 8.36. The van der Waals surface area contributed by atoms with E-state index in [9.17, 15) is 4.39 Å². The van der Waals surface area contributed by atoms with Gasteiger partial charge in [0.2, 0.25) is 0 Å². The lowest BCUT2D eigenvalue weighted by Crippen LogP contribution is -2.36. The van der Waals surface area contributed by atoms with Crippen LogP contribution in [0.2, 0.25) is 0 Å². The molecule has 3 aliphatic heterocycles. The maximum Gasteiger partial charge on any atom is 0.147 e. The Morgan fingerprint density at radius 3 is 2.82 bits per heavy atom. The molecule has 1 atom stereocenters. The minimum atomic E-state index is -0.0769. The third kappa shape index (κ3) is 3.53. The van der Waals surface area contributed by atoms with Gasteiger partial charge in [-0.15, -0.1) is 10.2 Å². The highest BCUT2D eigenvalue weighted by atomic mass is 19.1. The molecule has 0 unspecified atom stereocenters. The minimum absolute atomic E-state index is 0.0769. The van der Waals surface area contributed by atoms with Crippen molar-refractivity contribution in [2.45, 2.75) is 51.2 Å². The Labute approximate surface area is 165 Å². The molecule has 0 aliphatic carbocycles. The first-order valence-electron chi connectivity index (χ1n) is 10.7. The molecule has 0 radical (unpaired) electrons. The third-order valence-corrected chi connectivity index (χ3v) is 6.39. The lowest BCUT2D eigenvalue weighted by molar-refractivity contribution is 0.194. The van der Waals surface area contributed by atoms with Crippen molar-refractivity contribution < 1.29 is 4.39 Å². The van der Waals surface area contributed by atoms with Crippen LogP contribution in [0.4, 0.5) is 10.1 Å². The Hall–Kier alpha value is -1.99. The van der Waals surface area contributed by atoms with Gasteiger partial charge in [-0.2, -0.15) is 0 Å². The van der Waals surface area contributed by atoms with Crippen LogP contribution in [-0.4, -0.2) is 52.4 Å². The zero-order valence-electron chi connectivity index (χ0n) is 16.4. The molecule has 150 valence electrons. The lowest BCUT2D eigenvalue weighted by atomic mass is 9.96. The van der Waals surface area contributed by atoms with Gasteiger partial charge in [-0.25, -0.2) is 4.39 Å². The zero-order chi connectivity index (χ0) is 18.9. The number of halogens is 1. The number of hydrogen-bond donors (Lipinski definition) is 1. The van der Waals surface area contributed by atoms with Crippen LogP contribution in [0.3, 0.4) is 0 Å². The predicted octanol–water partition coefficient (Wildman–Crippen LogP) is 2.50. The molecular formula is C21H29FN6. The number of aromatic nitrogens is 3. The summed E-state index contributed by atoms with van der Waals surface area (Å²) in [5.74, 6) is 2.53. The molecule has 3 aliphatic rings. The summed E-state index contributed by atoms with van der Waals surface area (Å²) in [6.07, 6.45) is 4.64. The van der Waals surface area contributed by atoms with E-state index >= 15 is 0 Å². The summed E-state index contributed by atoms with van der Waals surface area (Å²) >= 11 is 0. The summed E-state index contributed by atoms with van der Waals surface area (Å²) in [6, 6.07) is 5.81. The van der Waals surface area contributed by atoms with E-state index in [-0.39, 0.29) is 5.82 Å². The summed E-state index contributed by atoms with van der Waals surface area (Å²) in [7, 11) is 0. The van der Waals surface area contributed by atoms with Crippen molar-refractivity contribution in [2.24, 2.45) is 0 Å². The largest absolute Gasteiger partial charge is 0.369 e. The smallest absolute Gasteiger partial charge is 0.147 e. The Balaban J connectivity index is 1.27. The van der Waals surface area contributed by atoms with Gasteiger partial charge in [-0.05, 0) is 49.9 Å². The molecule has 0 spiro atoms. The number of likely N-dealkylation sites (tertiary alicyclic amines) is 1. The number of rotatable bonds is 4. The maximum atomic E-state index is 14.7. The van der Waals surface area contributed by atoms with Crippen LogP contribution in [0.25, 0.3) is 0 Å². The van der Waals surface area contributed by atoms with E-state index in [1.54, 1.807) is 6.07 Å². The number of hydrogen-bond acceptors (Lipinski definition) is 5. The molecule has 2 aromatic rings. The first-order chi connectivity index (χ1) is 13.8. The highest BCUT2D eigenvalue weighted by molar-refractivity contribution is 5.49. The Morgan fingerprint density at radius 1 is 1.07 bits per heavy atom. The number of nitrogens with one attached hydrogen (secondary N) is 1. The minimum Gasteiger partial charge on any atom is -0.369 e. The van der Waals surface area contributed by atoms with E-state index < -0.39 is 0 Å². The van der Waals surface area contributed by atoms with E-state index in [1.165, 1.54) is 12.8 Å². The van der Waals surface area contributed by atoms with E-state index in [0.717, 1.165) is 88.1 Å². The number of piperidine rings is 1. The van der Waals surface area contributed by atoms with Crippen LogP contribution in [0.15, 0.2) is 18.2 Å². The van der Waals surface area contributed by atoms with Gasteiger partial charge in [0, 0.05) is 45.2 Å². The number of benzene rings is 1. The molecule has 28 heavy (non-hydrogen) atoms. The van der Waals surface area contributed by atoms with Gasteiger partial charge in [0.15, 0.2) is 0 Å². The molecule has 1 aromatic carbocycles. The molecule has 7 heteroatoms. The molecule has 1 aromatic heterocycles. The summed E-state index contributed by atoms with van der Waals surface area (Å²) in [5, 5.41) is 12.2. The van der Waals surface area contributed by atoms with Crippen molar-refractivity contribution in [3.05, 3.63) is 41.2 Å². The summed E-state index contributed by atoms with van der Waals surface area (Å²) in [6.45, 7) is 7.54. The van der Waals surface area contributed by atoms with Crippen LogP contribution in [0, 0.1) is 5.82 Å². The molecule has 2 saturated heterocycles. The van der Waals surface area contributed by atoms with Crippen LogP contribution < -0.4 is 10.2 Å². The average molecular weight is 385 g/mol. The van der Waals surface area contributed by atoms with Gasteiger partial charge in [0.25, 0.3) is 0 Å². The number of fused-ring (bicyclic) bond motifs is 1. The number of anilines is 1. The monoisotopic (exact) mass is 384 g/mol. The Morgan fingerprint density at radius 2 is 1.96 bits per heavy atom.